The first-order valence-corrected chi connectivity index (χ1v) is 9.54. The Hall–Kier alpha value is -2.80. The molecule has 0 spiro atoms. The second kappa shape index (κ2) is 8.48. The SMILES string of the molecule is CCN(C(=O)O)c1cc2c(cn1)COc1cc(OC[C@@H](N)CC(C)C)ccc1-2. The third kappa shape index (κ3) is 4.36. The van der Waals surface area contributed by atoms with Crippen molar-refractivity contribution in [3.05, 3.63) is 36.0 Å². The van der Waals surface area contributed by atoms with Gasteiger partial charge in [0, 0.05) is 36.0 Å². The Bertz CT molecular complexity index is 854. The molecule has 150 valence electrons. The Morgan fingerprint density at radius 3 is 2.82 bits per heavy atom. The van der Waals surface area contributed by atoms with Crippen LogP contribution in [0.2, 0.25) is 0 Å². The molecule has 1 aromatic carbocycles. The van der Waals surface area contributed by atoms with Crippen LogP contribution in [0.15, 0.2) is 30.5 Å². The standard InChI is InChI=1S/C21H27N3O4/c1-4-24(21(25)26)20-9-18-14(10-23-20)11-28-19-8-16(5-6-17(18)19)27-12-15(22)7-13(2)3/h5-6,8-10,13,15H,4,7,11-12,22H2,1-3H3,(H,25,26)/t15-/m0/s1. The van der Waals surface area contributed by atoms with E-state index in [1.807, 2.05) is 18.2 Å². The van der Waals surface area contributed by atoms with Crippen LogP contribution in [0.5, 0.6) is 11.5 Å². The van der Waals surface area contributed by atoms with E-state index in [1.54, 1.807) is 19.2 Å². The van der Waals surface area contributed by atoms with Gasteiger partial charge in [0.1, 0.15) is 30.5 Å². The maximum atomic E-state index is 11.4. The molecule has 2 heterocycles. The Kier molecular flexibility index (Phi) is 6.04. The van der Waals surface area contributed by atoms with Crippen LogP contribution >= 0.6 is 0 Å². The van der Waals surface area contributed by atoms with Gasteiger partial charge in [-0.1, -0.05) is 13.8 Å². The zero-order valence-corrected chi connectivity index (χ0v) is 16.5. The Labute approximate surface area is 165 Å². The number of anilines is 1. The van der Waals surface area contributed by atoms with E-state index in [0.717, 1.165) is 23.1 Å². The van der Waals surface area contributed by atoms with Crippen LogP contribution in [0.4, 0.5) is 10.6 Å². The van der Waals surface area contributed by atoms with E-state index in [1.165, 1.54) is 4.90 Å². The second-order valence-corrected chi connectivity index (χ2v) is 7.37. The van der Waals surface area contributed by atoms with Crippen molar-refractivity contribution < 1.29 is 19.4 Å². The van der Waals surface area contributed by atoms with Crippen molar-refractivity contribution in [3.8, 4) is 22.6 Å². The number of amides is 1. The molecule has 3 N–H and O–H groups in total. The lowest BCUT2D eigenvalue weighted by molar-refractivity contribution is 0.202. The maximum Gasteiger partial charge on any atom is 0.412 e. The van der Waals surface area contributed by atoms with Crippen molar-refractivity contribution >= 4 is 11.9 Å². The predicted molar refractivity (Wildman–Crippen MR) is 108 cm³/mol. The van der Waals surface area contributed by atoms with E-state index < -0.39 is 6.09 Å². The number of pyridine rings is 1. The lowest BCUT2D eigenvalue weighted by atomic mass is 9.98. The van der Waals surface area contributed by atoms with E-state index >= 15 is 0 Å². The van der Waals surface area contributed by atoms with Crippen molar-refractivity contribution in [3.63, 3.8) is 0 Å². The highest BCUT2D eigenvalue weighted by Gasteiger charge is 2.22. The summed E-state index contributed by atoms with van der Waals surface area (Å²) in [6.45, 7) is 7.21. The second-order valence-electron chi connectivity index (χ2n) is 7.37. The van der Waals surface area contributed by atoms with Gasteiger partial charge in [-0.3, -0.25) is 4.90 Å². The molecule has 1 aliphatic rings. The maximum absolute atomic E-state index is 11.4. The Balaban J connectivity index is 1.82. The average molecular weight is 385 g/mol. The molecule has 2 aromatic rings. The molecule has 0 radical (unpaired) electrons. The van der Waals surface area contributed by atoms with Crippen LogP contribution in [0, 0.1) is 5.92 Å². The number of fused-ring (bicyclic) bond motifs is 3. The number of rotatable bonds is 7. The van der Waals surface area contributed by atoms with Crippen LogP contribution in [0.3, 0.4) is 0 Å². The summed E-state index contributed by atoms with van der Waals surface area (Å²) in [5, 5.41) is 9.36. The minimum atomic E-state index is -1.02. The number of nitrogens with zero attached hydrogens (tertiary/aromatic N) is 2. The summed E-state index contributed by atoms with van der Waals surface area (Å²) in [6.07, 6.45) is 1.56. The first-order chi connectivity index (χ1) is 13.4. The highest BCUT2D eigenvalue weighted by molar-refractivity contribution is 5.87. The van der Waals surface area contributed by atoms with Gasteiger partial charge in [-0.15, -0.1) is 0 Å². The predicted octanol–water partition coefficient (Wildman–Crippen LogP) is 3.90. The van der Waals surface area contributed by atoms with Crippen LogP contribution < -0.4 is 20.1 Å². The smallest absolute Gasteiger partial charge is 0.412 e. The third-order valence-corrected chi connectivity index (χ3v) is 4.66. The fourth-order valence-electron chi connectivity index (χ4n) is 3.35. The fraction of sp³-hybridized carbons (Fsp3) is 0.429. The molecule has 0 saturated heterocycles. The quantitative estimate of drug-likeness (QED) is 0.750. The summed E-state index contributed by atoms with van der Waals surface area (Å²) in [4.78, 5) is 16.9. The van der Waals surface area contributed by atoms with Crippen LogP contribution in [0.1, 0.15) is 32.8 Å². The normalized spacial score (nSPS) is 13.3. The summed E-state index contributed by atoms with van der Waals surface area (Å²) >= 11 is 0. The molecule has 1 amide bonds. The van der Waals surface area contributed by atoms with Crippen molar-refractivity contribution in [2.24, 2.45) is 11.7 Å². The minimum Gasteiger partial charge on any atom is -0.492 e. The number of carbonyl (C=O) groups is 1. The molecule has 28 heavy (non-hydrogen) atoms. The van der Waals surface area contributed by atoms with Crippen LogP contribution in [-0.2, 0) is 6.61 Å². The zero-order valence-electron chi connectivity index (χ0n) is 16.5. The molecule has 7 nitrogen and oxygen atoms in total. The molecule has 0 bridgehead atoms. The number of hydrogen-bond acceptors (Lipinski definition) is 5. The molecule has 3 rings (SSSR count). The molecule has 0 aliphatic carbocycles. The van der Waals surface area contributed by atoms with Crippen LogP contribution in [0.25, 0.3) is 11.1 Å². The molecular weight excluding hydrogens is 358 g/mol. The molecule has 0 saturated carbocycles. The van der Waals surface area contributed by atoms with Gasteiger partial charge in [-0.2, -0.15) is 0 Å². The van der Waals surface area contributed by atoms with Gasteiger partial charge in [0.2, 0.25) is 0 Å². The first-order valence-electron chi connectivity index (χ1n) is 9.54. The summed E-state index contributed by atoms with van der Waals surface area (Å²) in [5.74, 6) is 2.34. The van der Waals surface area contributed by atoms with E-state index in [9.17, 15) is 9.90 Å². The Morgan fingerprint density at radius 2 is 2.14 bits per heavy atom. The van der Waals surface area contributed by atoms with Gasteiger partial charge in [-0.25, -0.2) is 9.78 Å². The monoisotopic (exact) mass is 385 g/mol. The summed E-state index contributed by atoms with van der Waals surface area (Å²) in [5.41, 5.74) is 8.83. The number of benzene rings is 1. The topological polar surface area (TPSA) is 97.9 Å². The number of nitrogens with two attached hydrogens (primary N) is 1. The van der Waals surface area contributed by atoms with Gasteiger partial charge in [0.25, 0.3) is 0 Å². The molecule has 1 aromatic heterocycles. The van der Waals surface area contributed by atoms with Crippen molar-refractivity contribution in [2.45, 2.75) is 39.8 Å². The van der Waals surface area contributed by atoms with E-state index in [2.05, 4.69) is 18.8 Å². The molecule has 1 aliphatic heterocycles. The fourth-order valence-corrected chi connectivity index (χ4v) is 3.35. The molecule has 0 unspecified atom stereocenters. The summed E-state index contributed by atoms with van der Waals surface area (Å²) in [6, 6.07) is 7.45. The van der Waals surface area contributed by atoms with Gasteiger partial charge in [0.05, 0.1) is 0 Å². The molecule has 7 heteroatoms. The number of aromatic nitrogens is 1. The number of hydrogen-bond donors (Lipinski definition) is 2. The van der Waals surface area contributed by atoms with Gasteiger partial charge < -0.3 is 20.3 Å². The minimum absolute atomic E-state index is 0.0117. The van der Waals surface area contributed by atoms with Crippen LogP contribution in [-0.4, -0.2) is 35.4 Å². The van der Waals surface area contributed by atoms with Crippen molar-refractivity contribution in [1.82, 2.24) is 4.98 Å². The third-order valence-electron chi connectivity index (χ3n) is 4.66. The molecular formula is C21H27N3O4. The number of carboxylic acid groups (broad SMARTS) is 1. The van der Waals surface area contributed by atoms with Crippen molar-refractivity contribution in [1.29, 1.82) is 0 Å². The van der Waals surface area contributed by atoms with E-state index in [4.69, 9.17) is 15.2 Å². The number of ether oxygens (including phenoxy) is 2. The van der Waals surface area contributed by atoms with Gasteiger partial charge in [-0.05, 0) is 43.0 Å². The van der Waals surface area contributed by atoms with Gasteiger partial charge >= 0.3 is 6.09 Å². The average Bonchev–Trinajstić information content (AvgIpc) is 2.65. The lowest BCUT2D eigenvalue weighted by Crippen LogP contribution is -2.29. The zero-order chi connectivity index (χ0) is 20.3. The van der Waals surface area contributed by atoms with E-state index in [0.29, 0.717) is 43.0 Å². The summed E-state index contributed by atoms with van der Waals surface area (Å²) in [7, 11) is 0. The molecule has 1 atom stereocenters. The van der Waals surface area contributed by atoms with Crippen molar-refractivity contribution in [2.75, 3.05) is 18.1 Å². The highest BCUT2D eigenvalue weighted by Crippen LogP contribution is 2.40. The summed E-state index contributed by atoms with van der Waals surface area (Å²) < 4.78 is 11.7. The van der Waals surface area contributed by atoms with Gasteiger partial charge in [0.15, 0.2) is 0 Å². The largest absolute Gasteiger partial charge is 0.492 e. The lowest BCUT2D eigenvalue weighted by Gasteiger charge is -2.24. The first kappa shape index (κ1) is 19.9. The highest BCUT2D eigenvalue weighted by atomic mass is 16.5. The molecule has 0 fully saturated rings. The Morgan fingerprint density at radius 1 is 1.36 bits per heavy atom. The van der Waals surface area contributed by atoms with E-state index in [-0.39, 0.29) is 6.04 Å².